The lowest BCUT2D eigenvalue weighted by Gasteiger charge is -2.20. The van der Waals surface area contributed by atoms with Crippen LogP contribution in [0, 0.1) is 13.8 Å². The molecule has 64 heavy (non-hydrogen) atoms. The maximum Gasteiger partial charge on any atom is 0.338 e. The van der Waals surface area contributed by atoms with Crippen molar-refractivity contribution in [3.63, 3.8) is 0 Å². The summed E-state index contributed by atoms with van der Waals surface area (Å²) < 4.78 is 34.0. The molecule has 4 aromatic carbocycles. The minimum atomic E-state index is -0.531. The molecule has 0 spiro atoms. The predicted octanol–water partition coefficient (Wildman–Crippen LogP) is 9.56. The van der Waals surface area contributed by atoms with Crippen molar-refractivity contribution >= 4 is 23.9 Å². The zero-order valence-electron chi connectivity index (χ0n) is 37.8. The third-order valence-electron chi connectivity index (χ3n) is 10.1. The SMILES string of the molecule is C=C(C)C(=O)Oc1cc(-c2ccc(C)cc2)ccc1OCCCCCOC(=O)CCN(CCO)CCC(=O)OCCCCCOc1ccc(-c2ccc(C)cc2)cc1OC(=O)C(=C)C. The van der Waals surface area contributed by atoms with Gasteiger partial charge in [0, 0.05) is 30.8 Å². The third kappa shape index (κ3) is 17.9. The molecule has 12 nitrogen and oxygen atoms in total. The van der Waals surface area contributed by atoms with Crippen LogP contribution >= 0.6 is 0 Å². The molecule has 12 heteroatoms. The molecule has 0 aliphatic rings. The Morgan fingerprint density at radius 1 is 0.500 bits per heavy atom. The summed E-state index contributed by atoms with van der Waals surface area (Å²) in [6.45, 7) is 16.7. The number of esters is 4. The van der Waals surface area contributed by atoms with Crippen molar-refractivity contribution < 1.29 is 52.7 Å². The van der Waals surface area contributed by atoms with E-state index in [2.05, 4.69) is 13.2 Å². The fourth-order valence-corrected chi connectivity index (χ4v) is 6.26. The van der Waals surface area contributed by atoms with Gasteiger partial charge in [0.2, 0.25) is 0 Å². The predicted molar refractivity (Wildman–Crippen MR) is 247 cm³/mol. The Hall–Kier alpha value is -6.24. The van der Waals surface area contributed by atoms with Crippen LogP contribution in [0.5, 0.6) is 23.0 Å². The molecule has 0 atom stereocenters. The number of hydrogen-bond acceptors (Lipinski definition) is 12. The number of ether oxygens (including phenoxy) is 6. The smallest absolute Gasteiger partial charge is 0.338 e. The third-order valence-corrected chi connectivity index (χ3v) is 10.1. The molecule has 0 amide bonds. The van der Waals surface area contributed by atoms with E-state index in [1.807, 2.05) is 79.4 Å². The van der Waals surface area contributed by atoms with Crippen LogP contribution in [0.25, 0.3) is 22.3 Å². The van der Waals surface area contributed by atoms with Crippen LogP contribution in [0.3, 0.4) is 0 Å². The van der Waals surface area contributed by atoms with Crippen LogP contribution in [-0.2, 0) is 28.7 Å². The highest BCUT2D eigenvalue weighted by molar-refractivity contribution is 5.90. The van der Waals surface area contributed by atoms with Gasteiger partial charge >= 0.3 is 23.9 Å². The Bertz CT molecular complexity index is 2010. The summed E-state index contributed by atoms with van der Waals surface area (Å²) in [6, 6.07) is 27.1. The Morgan fingerprint density at radius 3 is 1.25 bits per heavy atom. The molecule has 0 saturated carbocycles. The van der Waals surface area contributed by atoms with Gasteiger partial charge in [-0.2, -0.15) is 0 Å². The highest BCUT2D eigenvalue weighted by Gasteiger charge is 2.16. The Labute approximate surface area is 377 Å². The van der Waals surface area contributed by atoms with E-state index >= 15 is 0 Å². The van der Waals surface area contributed by atoms with E-state index < -0.39 is 11.9 Å². The van der Waals surface area contributed by atoms with Gasteiger partial charge in [0.1, 0.15) is 0 Å². The summed E-state index contributed by atoms with van der Waals surface area (Å²) in [4.78, 5) is 51.4. The second-order valence-corrected chi connectivity index (χ2v) is 15.7. The molecule has 0 aromatic heterocycles. The van der Waals surface area contributed by atoms with E-state index in [1.165, 1.54) is 0 Å². The normalized spacial score (nSPS) is 10.8. The van der Waals surface area contributed by atoms with Gasteiger partial charge in [-0.25, -0.2) is 9.59 Å². The molecule has 0 aliphatic carbocycles. The lowest BCUT2D eigenvalue weighted by Crippen LogP contribution is -2.32. The van der Waals surface area contributed by atoms with Crippen molar-refractivity contribution in [1.29, 1.82) is 0 Å². The fraction of sp³-hybridized carbons (Fsp3) is 0.385. The summed E-state index contributed by atoms with van der Waals surface area (Å²) in [5.74, 6) is -0.227. The molecular weight excluding hydrogens is 815 g/mol. The number of unbranched alkanes of at least 4 members (excludes halogenated alkanes) is 4. The van der Waals surface area contributed by atoms with Crippen molar-refractivity contribution in [3.05, 3.63) is 120 Å². The van der Waals surface area contributed by atoms with Gasteiger partial charge in [-0.15, -0.1) is 0 Å². The molecular formula is C52H63NO11. The monoisotopic (exact) mass is 877 g/mol. The minimum Gasteiger partial charge on any atom is -0.490 e. The zero-order valence-corrected chi connectivity index (χ0v) is 37.8. The second kappa shape index (κ2) is 27.1. The van der Waals surface area contributed by atoms with E-state index in [0.29, 0.717) is 81.5 Å². The molecule has 4 rings (SSSR count). The largest absolute Gasteiger partial charge is 0.490 e. The molecule has 0 radical (unpaired) electrons. The van der Waals surface area contributed by atoms with Crippen molar-refractivity contribution in [2.75, 3.05) is 52.7 Å². The number of carbonyl (C=O) groups is 4. The van der Waals surface area contributed by atoms with Gasteiger partial charge in [0.15, 0.2) is 23.0 Å². The van der Waals surface area contributed by atoms with Crippen LogP contribution in [0.15, 0.2) is 109 Å². The highest BCUT2D eigenvalue weighted by Crippen LogP contribution is 2.35. The van der Waals surface area contributed by atoms with Gasteiger partial charge < -0.3 is 33.5 Å². The molecule has 0 heterocycles. The lowest BCUT2D eigenvalue weighted by atomic mass is 10.0. The number of aliphatic hydroxyl groups excluding tert-OH is 1. The zero-order chi connectivity index (χ0) is 46.3. The first kappa shape index (κ1) is 50.4. The standard InChI is InChI=1S/C52H63NO11/c1-37(2)51(57)63-47-35-43(41-17-13-39(5)14-18-41)21-23-45(47)59-31-9-7-11-33-61-49(55)25-27-53(29-30-54)28-26-50(56)62-34-12-8-10-32-60-46-24-22-44(42-19-15-40(6)16-20-42)36-48(46)64-52(58)38(3)4/h13-24,35-36,54H,1,3,7-12,25-34H2,2,4-6H3. The van der Waals surface area contributed by atoms with Gasteiger partial charge in [0.05, 0.1) is 45.9 Å². The second-order valence-electron chi connectivity index (χ2n) is 15.7. The first-order chi connectivity index (χ1) is 30.8. The molecule has 0 saturated heterocycles. The number of hydrogen-bond donors (Lipinski definition) is 1. The first-order valence-corrected chi connectivity index (χ1v) is 21.9. The van der Waals surface area contributed by atoms with Crippen LogP contribution in [0.1, 0.15) is 76.3 Å². The van der Waals surface area contributed by atoms with Crippen LogP contribution < -0.4 is 18.9 Å². The van der Waals surface area contributed by atoms with Crippen molar-refractivity contribution in [3.8, 4) is 45.3 Å². The molecule has 1 N–H and O–H groups in total. The maximum atomic E-state index is 12.5. The number of nitrogens with zero attached hydrogens (tertiary/aromatic N) is 1. The lowest BCUT2D eigenvalue weighted by molar-refractivity contribution is -0.144. The van der Waals surface area contributed by atoms with Crippen LogP contribution in [-0.4, -0.2) is 86.6 Å². The minimum absolute atomic E-state index is 0.113. The number of benzene rings is 4. The van der Waals surface area contributed by atoms with Crippen LogP contribution in [0.2, 0.25) is 0 Å². The Morgan fingerprint density at radius 2 is 0.875 bits per heavy atom. The summed E-state index contributed by atoms with van der Waals surface area (Å²) in [6.07, 6.45) is 4.44. The summed E-state index contributed by atoms with van der Waals surface area (Å²) in [5.41, 5.74) is 6.62. The van der Waals surface area contributed by atoms with Crippen molar-refractivity contribution in [2.45, 2.75) is 79.1 Å². The Kier molecular flexibility index (Phi) is 21.3. The van der Waals surface area contributed by atoms with Gasteiger partial charge in [-0.05, 0) is 113 Å². The maximum absolute atomic E-state index is 12.5. The van der Waals surface area contributed by atoms with E-state index in [9.17, 15) is 24.3 Å². The average Bonchev–Trinajstić information content (AvgIpc) is 3.27. The van der Waals surface area contributed by atoms with Gasteiger partial charge in [0.25, 0.3) is 0 Å². The molecule has 0 fully saturated rings. The van der Waals surface area contributed by atoms with E-state index in [0.717, 1.165) is 46.2 Å². The quantitative estimate of drug-likeness (QED) is 0.0251. The number of rotatable bonds is 28. The molecule has 0 aliphatic heterocycles. The molecule has 342 valence electrons. The number of carbonyl (C=O) groups excluding carboxylic acids is 4. The van der Waals surface area contributed by atoms with E-state index in [1.54, 1.807) is 38.1 Å². The molecule has 0 unspecified atom stereocenters. The van der Waals surface area contributed by atoms with Gasteiger partial charge in [-0.3, -0.25) is 14.5 Å². The summed E-state index contributed by atoms with van der Waals surface area (Å²) in [5, 5.41) is 9.54. The average molecular weight is 878 g/mol. The first-order valence-electron chi connectivity index (χ1n) is 21.9. The van der Waals surface area contributed by atoms with Crippen molar-refractivity contribution in [1.82, 2.24) is 4.90 Å². The van der Waals surface area contributed by atoms with Gasteiger partial charge in [-0.1, -0.05) is 84.9 Å². The van der Waals surface area contributed by atoms with E-state index in [4.69, 9.17) is 28.4 Å². The number of aliphatic hydroxyl groups is 1. The molecule has 0 bridgehead atoms. The van der Waals surface area contributed by atoms with E-state index in [-0.39, 0.29) is 55.7 Å². The highest BCUT2D eigenvalue weighted by atomic mass is 16.6. The summed E-state index contributed by atoms with van der Waals surface area (Å²) >= 11 is 0. The van der Waals surface area contributed by atoms with Crippen LogP contribution in [0.4, 0.5) is 0 Å². The topological polar surface area (TPSA) is 147 Å². The fourth-order valence-electron chi connectivity index (χ4n) is 6.26. The number of aryl methyl sites for hydroxylation is 2. The molecule has 4 aromatic rings. The van der Waals surface area contributed by atoms with Crippen molar-refractivity contribution in [2.24, 2.45) is 0 Å². The Balaban J connectivity index is 1.07. The summed E-state index contributed by atoms with van der Waals surface area (Å²) in [7, 11) is 0.